The third-order valence-electron chi connectivity index (χ3n) is 6.36. The Hall–Kier alpha value is -2.81. The van der Waals surface area contributed by atoms with Crippen LogP contribution >= 0.6 is 12.2 Å². The van der Waals surface area contributed by atoms with E-state index in [0.29, 0.717) is 0 Å². The number of thiocarbonyl (C=S) groups is 1. The predicted molar refractivity (Wildman–Crippen MR) is 130 cm³/mol. The molecule has 2 saturated heterocycles. The largest absolute Gasteiger partial charge is 0.379 e. The van der Waals surface area contributed by atoms with E-state index < -0.39 is 0 Å². The highest BCUT2D eigenvalue weighted by Crippen LogP contribution is 2.39. The van der Waals surface area contributed by atoms with Crippen LogP contribution in [-0.2, 0) is 4.74 Å². The molecule has 0 radical (unpaired) electrons. The van der Waals surface area contributed by atoms with Gasteiger partial charge in [-0.15, -0.1) is 0 Å². The second-order valence-corrected chi connectivity index (χ2v) is 8.79. The summed E-state index contributed by atoms with van der Waals surface area (Å²) in [6, 6.07) is 16.6. The summed E-state index contributed by atoms with van der Waals surface area (Å²) in [4.78, 5) is 9.36. The number of nitrogens with one attached hydrogen (secondary N) is 1. The molecule has 1 N–H and O–H groups in total. The fraction of sp³-hybridized carbons (Fsp3) is 0.360. The van der Waals surface area contributed by atoms with Crippen LogP contribution in [0, 0.1) is 5.82 Å². The molecule has 2 fully saturated rings. The van der Waals surface area contributed by atoms with Crippen LogP contribution in [0.1, 0.15) is 29.9 Å². The number of rotatable bonds is 7. The molecule has 2 aromatic heterocycles. The third-order valence-corrected chi connectivity index (χ3v) is 6.72. The summed E-state index contributed by atoms with van der Waals surface area (Å²) in [5.41, 5.74) is 2.96. The molecule has 0 amide bonds. The van der Waals surface area contributed by atoms with Gasteiger partial charge in [0.25, 0.3) is 0 Å². The van der Waals surface area contributed by atoms with Crippen molar-refractivity contribution in [1.29, 1.82) is 0 Å². The van der Waals surface area contributed by atoms with Gasteiger partial charge in [0.15, 0.2) is 5.11 Å². The molecule has 2 aliphatic rings. The maximum atomic E-state index is 13.6. The van der Waals surface area contributed by atoms with E-state index in [-0.39, 0.29) is 17.9 Å². The topological polar surface area (TPSA) is 45.6 Å². The Bertz CT molecular complexity index is 1070. The number of aromatic nitrogens is 2. The first-order valence-electron chi connectivity index (χ1n) is 11.4. The molecule has 2 aliphatic heterocycles. The molecule has 2 atom stereocenters. The van der Waals surface area contributed by atoms with Crippen molar-refractivity contribution in [2.45, 2.75) is 18.5 Å². The summed E-state index contributed by atoms with van der Waals surface area (Å²) in [5.74, 6) is -0.243. The molecule has 0 spiro atoms. The van der Waals surface area contributed by atoms with Crippen molar-refractivity contribution in [2.75, 3.05) is 39.4 Å². The lowest BCUT2D eigenvalue weighted by atomic mass is 10.0. The molecule has 3 aromatic rings. The number of morpholine rings is 1. The van der Waals surface area contributed by atoms with Crippen molar-refractivity contribution >= 4 is 17.3 Å². The van der Waals surface area contributed by atoms with Crippen LogP contribution in [0.5, 0.6) is 0 Å². The van der Waals surface area contributed by atoms with Gasteiger partial charge in [0.1, 0.15) is 5.82 Å². The summed E-state index contributed by atoms with van der Waals surface area (Å²) in [6.45, 7) is 5.43. The first-order chi connectivity index (χ1) is 16.2. The van der Waals surface area contributed by atoms with Crippen molar-refractivity contribution in [3.63, 3.8) is 0 Å². The molecule has 33 heavy (non-hydrogen) atoms. The summed E-state index contributed by atoms with van der Waals surface area (Å²) >= 11 is 5.81. The Morgan fingerprint density at radius 2 is 1.85 bits per heavy atom. The van der Waals surface area contributed by atoms with Gasteiger partial charge in [0.05, 0.1) is 31.0 Å². The monoisotopic (exact) mass is 465 g/mol. The molecule has 0 unspecified atom stereocenters. The van der Waals surface area contributed by atoms with Gasteiger partial charge >= 0.3 is 0 Å². The van der Waals surface area contributed by atoms with E-state index in [1.165, 1.54) is 12.1 Å². The van der Waals surface area contributed by atoms with Gasteiger partial charge in [-0.05, 0) is 67.2 Å². The lowest BCUT2D eigenvalue weighted by molar-refractivity contribution is 0.0365. The van der Waals surface area contributed by atoms with E-state index in [4.69, 9.17) is 17.0 Å². The van der Waals surface area contributed by atoms with Crippen molar-refractivity contribution in [2.24, 2.45) is 0 Å². The maximum Gasteiger partial charge on any atom is 0.170 e. The smallest absolute Gasteiger partial charge is 0.170 e. The van der Waals surface area contributed by atoms with Crippen LogP contribution in [0.15, 0.2) is 67.0 Å². The average molecular weight is 466 g/mol. The number of benzene rings is 1. The number of nitrogens with zero attached hydrogens (tertiary/aromatic N) is 4. The van der Waals surface area contributed by atoms with Gasteiger partial charge in [0.2, 0.25) is 0 Å². The molecule has 8 heteroatoms. The second kappa shape index (κ2) is 9.99. The van der Waals surface area contributed by atoms with Gasteiger partial charge < -0.3 is 19.5 Å². The van der Waals surface area contributed by atoms with E-state index in [1.807, 2.05) is 36.7 Å². The van der Waals surface area contributed by atoms with Crippen molar-refractivity contribution in [3.05, 3.63) is 84.2 Å². The van der Waals surface area contributed by atoms with Crippen molar-refractivity contribution in [1.82, 2.24) is 24.7 Å². The van der Waals surface area contributed by atoms with Crippen LogP contribution in [0.3, 0.4) is 0 Å². The number of ether oxygens (including phenoxy) is 1. The molecular weight excluding hydrogens is 437 g/mol. The van der Waals surface area contributed by atoms with Gasteiger partial charge in [0, 0.05) is 50.0 Å². The number of hydrogen-bond acceptors (Lipinski definition) is 4. The summed E-state index contributed by atoms with van der Waals surface area (Å²) in [6.07, 6.45) is 4.84. The average Bonchev–Trinajstić information content (AvgIpc) is 3.45. The van der Waals surface area contributed by atoms with E-state index in [2.05, 4.69) is 30.7 Å². The summed E-state index contributed by atoms with van der Waals surface area (Å²) < 4.78 is 21.1. The highest BCUT2D eigenvalue weighted by Gasteiger charge is 2.41. The normalized spacial score (nSPS) is 21.4. The van der Waals surface area contributed by atoms with Crippen LogP contribution in [-0.4, -0.2) is 63.9 Å². The Kier molecular flexibility index (Phi) is 6.66. The number of pyridine rings is 1. The molecule has 0 bridgehead atoms. The first-order valence-corrected chi connectivity index (χ1v) is 11.8. The zero-order valence-electron chi connectivity index (χ0n) is 18.4. The maximum absolute atomic E-state index is 13.6. The van der Waals surface area contributed by atoms with Gasteiger partial charge in [-0.2, -0.15) is 0 Å². The van der Waals surface area contributed by atoms with Crippen molar-refractivity contribution in [3.8, 4) is 5.69 Å². The lowest BCUT2D eigenvalue weighted by Crippen LogP contribution is -2.39. The van der Waals surface area contributed by atoms with Crippen LogP contribution in [0.2, 0.25) is 0 Å². The molecular formula is C25H28FN5OS. The molecule has 4 heterocycles. The van der Waals surface area contributed by atoms with Gasteiger partial charge in [-0.1, -0.05) is 6.07 Å². The minimum atomic E-state index is -0.243. The molecule has 0 saturated carbocycles. The lowest BCUT2D eigenvalue weighted by Gasteiger charge is -2.31. The Labute approximate surface area is 199 Å². The minimum absolute atomic E-state index is 0.0304. The number of halogens is 1. The summed E-state index contributed by atoms with van der Waals surface area (Å²) in [5, 5.41) is 4.26. The Balaban J connectivity index is 1.44. The standard InChI is InChI=1S/C25H28FN5OS/c26-19-7-9-20(10-8-19)30-13-3-6-22(30)24-23(21-5-1-2-11-27-21)28-25(33)31(24)14-4-12-29-15-17-32-18-16-29/h1-3,5-11,13,23-24H,4,12,14-18H2,(H,28,33)/t23-,24-/m0/s1. The van der Waals surface area contributed by atoms with Gasteiger partial charge in [-0.3, -0.25) is 9.88 Å². The van der Waals surface area contributed by atoms with Crippen molar-refractivity contribution < 1.29 is 9.13 Å². The Morgan fingerprint density at radius 1 is 1.03 bits per heavy atom. The zero-order chi connectivity index (χ0) is 22.6. The third kappa shape index (κ3) is 4.78. The van der Waals surface area contributed by atoms with E-state index in [1.54, 1.807) is 12.1 Å². The van der Waals surface area contributed by atoms with Gasteiger partial charge in [-0.25, -0.2) is 4.39 Å². The van der Waals surface area contributed by atoms with E-state index in [0.717, 1.165) is 68.0 Å². The molecule has 0 aliphatic carbocycles. The Morgan fingerprint density at radius 3 is 2.61 bits per heavy atom. The first kappa shape index (κ1) is 22.0. The molecule has 5 rings (SSSR count). The fourth-order valence-electron chi connectivity index (χ4n) is 4.73. The summed E-state index contributed by atoms with van der Waals surface area (Å²) in [7, 11) is 0. The fourth-order valence-corrected chi connectivity index (χ4v) is 5.06. The van der Waals surface area contributed by atoms with Crippen LogP contribution in [0.4, 0.5) is 4.39 Å². The number of hydrogen-bond donors (Lipinski definition) is 1. The molecule has 172 valence electrons. The molecule has 1 aromatic carbocycles. The molecule has 6 nitrogen and oxygen atoms in total. The predicted octanol–water partition coefficient (Wildman–Crippen LogP) is 3.71. The van der Waals surface area contributed by atoms with Crippen LogP contribution in [0.25, 0.3) is 5.69 Å². The SMILES string of the molecule is Fc1ccc(-n2cccc2[C@H]2[C@H](c3ccccn3)NC(=S)N2CCCN2CCOCC2)cc1. The zero-order valence-corrected chi connectivity index (χ0v) is 19.3. The highest BCUT2D eigenvalue weighted by atomic mass is 32.1. The quantitative estimate of drug-likeness (QED) is 0.537. The van der Waals surface area contributed by atoms with Crippen LogP contribution < -0.4 is 5.32 Å². The van der Waals surface area contributed by atoms with E-state index >= 15 is 0 Å². The minimum Gasteiger partial charge on any atom is -0.379 e. The van der Waals surface area contributed by atoms with E-state index in [9.17, 15) is 4.39 Å². The second-order valence-electron chi connectivity index (χ2n) is 8.41. The highest BCUT2D eigenvalue weighted by molar-refractivity contribution is 7.80.